The summed E-state index contributed by atoms with van der Waals surface area (Å²) in [5.41, 5.74) is -0.128. The Morgan fingerprint density at radius 2 is 1.87 bits per heavy atom. The van der Waals surface area contributed by atoms with Gasteiger partial charge in [0.1, 0.15) is 17.9 Å². The van der Waals surface area contributed by atoms with Gasteiger partial charge in [0, 0.05) is 16.1 Å². The van der Waals surface area contributed by atoms with Crippen molar-refractivity contribution in [3.8, 4) is 0 Å². The van der Waals surface area contributed by atoms with Crippen LogP contribution in [0.15, 0.2) is 42.5 Å². The molecule has 0 aromatic heterocycles. The van der Waals surface area contributed by atoms with Gasteiger partial charge < -0.3 is 10.6 Å². The molecule has 2 N–H and O–H groups in total. The summed E-state index contributed by atoms with van der Waals surface area (Å²) < 4.78 is 13.2. The summed E-state index contributed by atoms with van der Waals surface area (Å²) in [5, 5.41) is 6.35. The molecule has 0 bridgehead atoms. The molecule has 1 aliphatic heterocycles. The molecule has 0 aliphatic carbocycles. The SMILES string of the molecule is CC(Cc1ccc(Cl)cc1Cl)NC(=O)CN1C(=O)NC(C)(c2ccc(F)cc2)C1=O. The molecule has 2 unspecified atom stereocenters. The van der Waals surface area contributed by atoms with Crippen LogP contribution in [0.5, 0.6) is 0 Å². The number of nitrogens with zero attached hydrogens (tertiary/aromatic N) is 1. The first-order valence-corrected chi connectivity index (χ1v) is 9.99. The van der Waals surface area contributed by atoms with Gasteiger partial charge in [0.05, 0.1) is 0 Å². The number of nitrogens with one attached hydrogen (secondary N) is 2. The van der Waals surface area contributed by atoms with Gasteiger partial charge in [-0.25, -0.2) is 9.18 Å². The van der Waals surface area contributed by atoms with Crippen LogP contribution in [0, 0.1) is 5.82 Å². The topological polar surface area (TPSA) is 78.5 Å². The largest absolute Gasteiger partial charge is 0.352 e. The number of hydrogen-bond donors (Lipinski definition) is 2. The molecule has 2 aromatic carbocycles. The maximum absolute atomic E-state index is 13.2. The highest BCUT2D eigenvalue weighted by atomic mass is 35.5. The zero-order chi connectivity index (χ0) is 22.1. The van der Waals surface area contributed by atoms with Gasteiger partial charge in [-0.2, -0.15) is 0 Å². The molecule has 158 valence electrons. The van der Waals surface area contributed by atoms with E-state index in [9.17, 15) is 18.8 Å². The Balaban J connectivity index is 1.64. The summed E-state index contributed by atoms with van der Waals surface area (Å²) in [6, 6.07) is 9.40. The van der Waals surface area contributed by atoms with Crippen LogP contribution in [-0.2, 0) is 21.5 Å². The molecule has 0 saturated carbocycles. The Hall–Kier alpha value is -2.64. The molecule has 30 heavy (non-hydrogen) atoms. The summed E-state index contributed by atoms with van der Waals surface area (Å²) in [6.07, 6.45) is 0.454. The monoisotopic (exact) mass is 451 g/mol. The van der Waals surface area contributed by atoms with Crippen LogP contribution in [0.4, 0.5) is 9.18 Å². The number of hydrogen-bond acceptors (Lipinski definition) is 3. The van der Waals surface area contributed by atoms with E-state index in [1.165, 1.54) is 31.2 Å². The normalized spacial score (nSPS) is 19.6. The lowest BCUT2D eigenvalue weighted by atomic mass is 9.92. The maximum Gasteiger partial charge on any atom is 0.325 e. The molecular weight excluding hydrogens is 432 g/mol. The van der Waals surface area contributed by atoms with Gasteiger partial charge in [0.2, 0.25) is 5.91 Å². The third kappa shape index (κ3) is 4.57. The fourth-order valence-corrected chi connectivity index (χ4v) is 3.84. The molecular formula is C21H20Cl2FN3O3. The van der Waals surface area contributed by atoms with Crippen molar-refractivity contribution in [3.05, 3.63) is 69.5 Å². The molecule has 1 aliphatic rings. The van der Waals surface area contributed by atoms with Crippen molar-refractivity contribution in [1.29, 1.82) is 0 Å². The minimum atomic E-state index is -1.37. The number of benzene rings is 2. The first-order chi connectivity index (χ1) is 14.1. The second-order valence-electron chi connectivity index (χ2n) is 7.36. The quantitative estimate of drug-likeness (QED) is 0.657. The van der Waals surface area contributed by atoms with E-state index in [-0.39, 0.29) is 6.04 Å². The third-order valence-corrected chi connectivity index (χ3v) is 5.53. The zero-order valence-corrected chi connectivity index (χ0v) is 17.9. The fourth-order valence-electron chi connectivity index (χ4n) is 3.35. The number of imide groups is 1. The maximum atomic E-state index is 13.2. The molecule has 2 aromatic rings. The molecule has 2 atom stereocenters. The molecule has 1 saturated heterocycles. The van der Waals surface area contributed by atoms with Crippen molar-refractivity contribution in [2.75, 3.05) is 6.54 Å². The van der Waals surface area contributed by atoms with Gasteiger partial charge in [-0.05, 0) is 55.7 Å². The molecule has 1 fully saturated rings. The Morgan fingerprint density at radius 3 is 2.50 bits per heavy atom. The van der Waals surface area contributed by atoms with Gasteiger partial charge in [0.25, 0.3) is 5.91 Å². The van der Waals surface area contributed by atoms with E-state index in [0.29, 0.717) is 22.0 Å². The average molecular weight is 452 g/mol. The standard InChI is InChI=1S/C21H20Cl2FN3O3/c1-12(9-13-3-6-15(22)10-17(13)23)25-18(28)11-27-19(29)21(2,26-20(27)30)14-4-7-16(24)8-5-14/h3-8,10,12H,9,11H2,1-2H3,(H,25,28)(H,26,30). The van der Waals surface area contributed by atoms with Crippen LogP contribution in [0.1, 0.15) is 25.0 Å². The van der Waals surface area contributed by atoms with E-state index in [1.807, 2.05) is 0 Å². The summed E-state index contributed by atoms with van der Waals surface area (Å²) in [5.74, 6) is -1.52. The van der Waals surface area contributed by atoms with E-state index < -0.39 is 35.7 Å². The van der Waals surface area contributed by atoms with Gasteiger partial charge in [-0.15, -0.1) is 0 Å². The van der Waals surface area contributed by atoms with Crippen LogP contribution in [0.2, 0.25) is 10.0 Å². The summed E-state index contributed by atoms with van der Waals surface area (Å²) in [4.78, 5) is 38.5. The molecule has 4 amide bonds. The Bertz CT molecular complexity index is 999. The average Bonchev–Trinajstić information content (AvgIpc) is 2.88. The molecule has 9 heteroatoms. The van der Waals surface area contributed by atoms with Crippen LogP contribution >= 0.6 is 23.2 Å². The van der Waals surface area contributed by atoms with Crippen molar-refractivity contribution < 1.29 is 18.8 Å². The number of carbonyl (C=O) groups excluding carboxylic acids is 3. The Kier molecular flexibility index (Phi) is 6.33. The van der Waals surface area contributed by atoms with Crippen molar-refractivity contribution in [2.24, 2.45) is 0 Å². The van der Waals surface area contributed by atoms with E-state index in [1.54, 1.807) is 25.1 Å². The predicted octanol–water partition coefficient (Wildman–Crippen LogP) is 3.65. The number of urea groups is 1. The zero-order valence-electron chi connectivity index (χ0n) is 16.3. The molecule has 1 heterocycles. The van der Waals surface area contributed by atoms with E-state index >= 15 is 0 Å². The lowest BCUT2D eigenvalue weighted by molar-refractivity contribution is -0.135. The Labute approximate surface area is 183 Å². The first kappa shape index (κ1) is 22.1. The van der Waals surface area contributed by atoms with E-state index in [4.69, 9.17) is 23.2 Å². The van der Waals surface area contributed by atoms with Gasteiger partial charge in [-0.1, -0.05) is 41.4 Å². The Morgan fingerprint density at radius 1 is 1.20 bits per heavy atom. The highest BCUT2D eigenvalue weighted by Crippen LogP contribution is 2.29. The van der Waals surface area contributed by atoms with E-state index in [0.717, 1.165) is 10.5 Å². The third-order valence-electron chi connectivity index (χ3n) is 4.95. The lowest BCUT2D eigenvalue weighted by Crippen LogP contribution is -2.45. The molecule has 3 rings (SSSR count). The van der Waals surface area contributed by atoms with E-state index in [2.05, 4.69) is 10.6 Å². The second kappa shape index (κ2) is 8.62. The first-order valence-electron chi connectivity index (χ1n) is 9.23. The minimum absolute atomic E-state index is 0.291. The van der Waals surface area contributed by atoms with Gasteiger partial charge >= 0.3 is 6.03 Å². The van der Waals surface area contributed by atoms with Crippen LogP contribution in [0.25, 0.3) is 0 Å². The number of rotatable bonds is 6. The summed E-state index contributed by atoms with van der Waals surface area (Å²) >= 11 is 12.0. The van der Waals surface area contributed by atoms with Crippen LogP contribution in [0.3, 0.4) is 0 Å². The number of carbonyl (C=O) groups is 3. The highest BCUT2D eigenvalue weighted by Gasteiger charge is 2.49. The minimum Gasteiger partial charge on any atom is -0.352 e. The summed E-state index contributed by atoms with van der Waals surface area (Å²) in [6.45, 7) is 2.88. The van der Waals surface area contributed by atoms with Crippen LogP contribution in [-0.4, -0.2) is 35.3 Å². The smallest absolute Gasteiger partial charge is 0.325 e. The van der Waals surface area contributed by atoms with Crippen LogP contribution < -0.4 is 10.6 Å². The molecule has 0 spiro atoms. The fraction of sp³-hybridized carbons (Fsp3) is 0.286. The van der Waals surface area contributed by atoms with Crippen molar-refractivity contribution in [2.45, 2.75) is 31.8 Å². The highest BCUT2D eigenvalue weighted by molar-refractivity contribution is 6.35. The molecule has 6 nitrogen and oxygen atoms in total. The number of amides is 4. The van der Waals surface area contributed by atoms with Crippen molar-refractivity contribution in [3.63, 3.8) is 0 Å². The number of halogens is 3. The summed E-state index contributed by atoms with van der Waals surface area (Å²) in [7, 11) is 0. The lowest BCUT2D eigenvalue weighted by Gasteiger charge is -2.22. The van der Waals surface area contributed by atoms with Gasteiger partial charge in [-0.3, -0.25) is 14.5 Å². The van der Waals surface area contributed by atoms with Crippen molar-refractivity contribution >= 4 is 41.0 Å². The van der Waals surface area contributed by atoms with Gasteiger partial charge in [0.15, 0.2) is 0 Å². The predicted molar refractivity (Wildman–Crippen MR) is 112 cm³/mol. The van der Waals surface area contributed by atoms with Crippen molar-refractivity contribution in [1.82, 2.24) is 15.5 Å². The second-order valence-corrected chi connectivity index (χ2v) is 8.21. The molecule has 0 radical (unpaired) electrons.